The van der Waals surface area contributed by atoms with Crippen LogP contribution in [0.2, 0.25) is 0 Å². The summed E-state index contributed by atoms with van der Waals surface area (Å²) < 4.78 is 13.0. The molecule has 9 heteroatoms. The molecule has 0 radical (unpaired) electrons. The molecule has 0 spiro atoms. The monoisotopic (exact) mass is 483 g/mol. The van der Waals surface area contributed by atoms with E-state index in [-0.39, 0.29) is 23.1 Å². The Kier molecular flexibility index (Phi) is 7.54. The largest absolute Gasteiger partial charge is 0.454 e. The van der Waals surface area contributed by atoms with E-state index in [0.29, 0.717) is 23.7 Å². The number of nitro groups is 1. The van der Waals surface area contributed by atoms with Gasteiger partial charge < -0.3 is 18.9 Å². The van der Waals surface area contributed by atoms with E-state index < -0.39 is 17.5 Å². The molecule has 2 aromatic rings. The van der Waals surface area contributed by atoms with Gasteiger partial charge >= 0.3 is 5.97 Å². The highest BCUT2D eigenvalue weighted by Gasteiger charge is 2.26. The molecular formula is C26H33N3O6. The SMILES string of the molecule is Cc1cc(C(=O)COC(=O)c2ccc(N3CCC[C@@H](C)C3)c([N+](=O)[O-])c2)c(C)n1C[C@H]1CCCO1. The molecule has 2 aliphatic heterocycles. The van der Waals surface area contributed by atoms with E-state index in [1.165, 1.54) is 12.1 Å². The molecule has 0 aliphatic carbocycles. The van der Waals surface area contributed by atoms with Crippen molar-refractivity contribution >= 4 is 23.1 Å². The van der Waals surface area contributed by atoms with Gasteiger partial charge in [-0.3, -0.25) is 14.9 Å². The molecule has 35 heavy (non-hydrogen) atoms. The Bertz CT molecular complexity index is 1120. The topological polar surface area (TPSA) is 104 Å². The molecule has 0 bridgehead atoms. The maximum absolute atomic E-state index is 12.8. The zero-order valence-corrected chi connectivity index (χ0v) is 20.6. The lowest BCUT2D eigenvalue weighted by molar-refractivity contribution is -0.384. The minimum Gasteiger partial charge on any atom is -0.454 e. The first-order valence-corrected chi connectivity index (χ1v) is 12.3. The van der Waals surface area contributed by atoms with Gasteiger partial charge in [0, 0.05) is 49.3 Å². The zero-order chi connectivity index (χ0) is 25.1. The van der Waals surface area contributed by atoms with E-state index in [4.69, 9.17) is 9.47 Å². The van der Waals surface area contributed by atoms with Crippen LogP contribution in [-0.4, -0.2) is 53.7 Å². The summed E-state index contributed by atoms with van der Waals surface area (Å²) in [5.41, 5.74) is 2.71. The number of nitro benzene ring substituents is 1. The van der Waals surface area contributed by atoms with Crippen molar-refractivity contribution in [1.29, 1.82) is 0 Å². The predicted octanol–water partition coefficient (Wildman–Crippen LogP) is 4.47. The number of hydrogen-bond donors (Lipinski definition) is 0. The number of aryl methyl sites for hydroxylation is 1. The number of carbonyl (C=O) groups is 2. The van der Waals surface area contributed by atoms with Crippen LogP contribution in [0.1, 0.15) is 64.7 Å². The van der Waals surface area contributed by atoms with Crippen molar-refractivity contribution in [3.8, 4) is 0 Å². The first-order valence-electron chi connectivity index (χ1n) is 12.3. The summed E-state index contributed by atoms with van der Waals surface area (Å²) in [5, 5.41) is 11.7. The van der Waals surface area contributed by atoms with Crippen molar-refractivity contribution in [1.82, 2.24) is 4.57 Å². The van der Waals surface area contributed by atoms with Gasteiger partial charge in [0.1, 0.15) is 5.69 Å². The Morgan fingerprint density at radius 2 is 2.00 bits per heavy atom. The molecule has 0 amide bonds. The second-order valence-electron chi connectivity index (χ2n) is 9.68. The molecule has 2 fully saturated rings. The summed E-state index contributed by atoms with van der Waals surface area (Å²) in [6, 6.07) is 6.18. The maximum Gasteiger partial charge on any atom is 0.338 e. The predicted molar refractivity (Wildman–Crippen MR) is 131 cm³/mol. The fraction of sp³-hybridized carbons (Fsp3) is 0.538. The quantitative estimate of drug-likeness (QED) is 0.236. The van der Waals surface area contributed by atoms with Gasteiger partial charge in [0.25, 0.3) is 5.69 Å². The van der Waals surface area contributed by atoms with Gasteiger partial charge in [0.2, 0.25) is 5.78 Å². The van der Waals surface area contributed by atoms with Crippen molar-refractivity contribution in [2.45, 2.75) is 59.1 Å². The summed E-state index contributed by atoms with van der Waals surface area (Å²) in [6.45, 7) is 8.45. The van der Waals surface area contributed by atoms with Gasteiger partial charge in [0.15, 0.2) is 6.61 Å². The van der Waals surface area contributed by atoms with Crippen molar-refractivity contribution in [2.75, 3.05) is 31.2 Å². The van der Waals surface area contributed by atoms with Gasteiger partial charge in [0.05, 0.1) is 16.6 Å². The smallest absolute Gasteiger partial charge is 0.338 e. The van der Waals surface area contributed by atoms with Crippen LogP contribution in [0.25, 0.3) is 0 Å². The van der Waals surface area contributed by atoms with Crippen molar-refractivity contribution in [3.63, 3.8) is 0 Å². The number of Topliss-reactive ketones (excluding diaryl/α,β-unsaturated/α-hetero) is 1. The van der Waals surface area contributed by atoms with Gasteiger partial charge in [-0.1, -0.05) is 6.92 Å². The lowest BCUT2D eigenvalue weighted by Gasteiger charge is -2.32. The minimum absolute atomic E-state index is 0.0576. The van der Waals surface area contributed by atoms with Crippen molar-refractivity contribution in [2.24, 2.45) is 5.92 Å². The number of benzene rings is 1. The Hall–Kier alpha value is -3.20. The number of aromatic nitrogens is 1. The van der Waals surface area contributed by atoms with Gasteiger partial charge in [-0.25, -0.2) is 4.79 Å². The van der Waals surface area contributed by atoms with E-state index in [1.54, 1.807) is 12.1 Å². The number of esters is 1. The first-order chi connectivity index (χ1) is 16.7. The summed E-state index contributed by atoms with van der Waals surface area (Å²) in [5.74, 6) is -0.613. The fourth-order valence-electron chi connectivity index (χ4n) is 5.12. The summed E-state index contributed by atoms with van der Waals surface area (Å²) in [7, 11) is 0. The Morgan fingerprint density at radius 3 is 2.69 bits per heavy atom. The van der Waals surface area contributed by atoms with Crippen LogP contribution in [0.5, 0.6) is 0 Å². The third-order valence-corrected chi connectivity index (χ3v) is 7.02. The summed E-state index contributed by atoms with van der Waals surface area (Å²) >= 11 is 0. The molecule has 1 aromatic carbocycles. The maximum atomic E-state index is 12.8. The number of nitrogens with zero attached hydrogens (tertiary/aromatic N) is 3. The van der Waals surface area contributed by atoms with Crippen molar-refractivity contribution < 1.29 is 24.0 Å². The standard InChI is InChI=1S/C26H33N3O6/c1-17-6-4-10-27(14-17)23-9-8-20(13-24(23)29(32)33)26(31)35-16-25(30)22-12-18(2)28(19(22)3)15-21-7-5-11-34-21/h8-9,12-13,17,21H,4-7,10-11,14-16H2,1-3H3/t17-,21-/m1/s1. The molecule has 0 N–H and O–H groups in total. The zero-order valence-electron chi connectivity index (χ0n) is 20.6. The highest BCUT2D eigenvalue weighted by atomic mass is 16.6. The van der Waals surface area contributed by atoms with Crippen LogP contribution in [0.4, 0.5) is 11.4 Å². The number of anilines is 1. The average molecular weight is 484 g/mol. The molecule has 3 heterocycles. The molecule has 0 unspecified atom stereocenters. The second kappa shape index (κ2) is 10.6. The van der Waals surface area contributed by atoms with Crippen LogP contribution < -0.4 is 4.90 Å². The average Bonchev–Trinajstić information content (AvgIpc) is 3.45. The fourth-order valence-corrected chi connectivity index (χ4v) is 5.12. The molecule has 1 aromatic heterocycles. The van der Waals surface area contributed by atoms with Crippen molar-refractivity contribution in [3.05, 3.63) is 56.9 Å². The first kappa shape index (κ1) is 24.9. The van der Waals surface area contributed by atoms with E-state index >= 15 is 0 Å². The van der Waals surface area contributed by atoms with E-state index in [2.05, 4.69) is 11.5 Å². The molecule has 4 rings (SSSR count). The van der Waals surface area contributed by atoms with Crippen LogP contribution >= 0.6 is 0 Å². The number of ether oxygens (including phenoxy) is 2. The van der Waals surface area contributed by atoms with Gasteiger partial charge in [-0.2, -0.15) is 0 Å². The normalized spacial score (nSPS) is 20.1. The highest BCUT2D eigenvalue weighted by molar-refractivity contribution is 6.00. The molecule has 2 aliphatic rings. The summed E-state index contributed by atoms with van der Waals surface area (Å²) in [4.78, 5) is 38.7. The van der Waals surface area contributed by atoms with E-state index in [1.807, 2.05) is 18.7 Å². The molecule has 188 valence electrons. The number of rotatable bonds is 8. The highest BCUT2D eigenvalue weighted by Crippen LogP contribution is 2.32. The van der Waals surface area contributed by atoms with Crippen LogP contribution in [0.3, 0.4) is 0 Å². The van der Waals surface area contributed by atoms with Crippen LogP contribution in [-0.2, 0) is 16.0 Å². The molecule has 2 saturated heterocycles. The van der Waals surface area contributed by atoms with E-state index in [0.717, 1.165) is 56.8 Å². The number of ketones is 1. The lowest BCUT2D eigenvalue weighted by Crippen LogP contribution is -2.34. The van der Waals surface area contributed by atoms with E-state index in [9.17, 15) is 19.7 Å². The van der Waals surface area contributed by atoms with Crippen LogP contribution in [0.15, 0.2) is 24.3 Å². The number of piperidine rings is 1. The molecular weight excluding hydrogens is 450 g/mol. The second-order valence-corrected chi connectivity index (χ2v) is 9.68. The third-order valence-electron chi connectivity index (χ3n) is 7.02. The number of hydrogen-bond acceptors (Lipinski definition) is 7. The third kappa shape index (κ3) is 5.56. The van der Waals surface area contributed by atoms with Gasteiger partial charge in [-0.15, -0.1) is 0 Å². The molecule has 9 nitrogen and oxygen atoms in total. The number of carbonyl (C=O) groups excluding carboxylic acids is 2. The summed E-state index contributed by atoms with van der Waals surface area (Å²) in [6.07, 6.45) is 4.26. The molecule has 2 atom stereocenters. The van der Waals surface area contributed by atoms with Crippen LogP contribution in [0, 0.1) is 29.9 Å². The molecule has 0 saturated carbocycles. The lowest BCUT2D eigenvalue weighted by atomic mass is 9.99. The minimum atomic E-state index is -0.756. The Balaban J connectivity index is 1.43. The van der Waals surface area contributed by atoms with Gasteiger partial charge in [-0.05, 0) is 63.6 Å². The Labute approximate surface area is 205 Å². The Morgan fingerprint density at radius 1 is 1.20 bits per heavy atom.